The predicted molar refractivity (Wildman–Crippen MR) is 91.2 cm³/mol. The van der Waals surface area contributed by atoms with Crippen LogP contribution in [-0.2, 0) is 4.79 Å². The molecule has 0 aromatic heterocycles. The van der Waals surface area contributed by atoms with Crippen LogP contribution in [0.25, 0.3) is 0 Å². The van der Waals surface area contributed by atoms with Crippen molar-refractivity contribution >= 4 is 11.8 Å². The molecule has 2 N–H and O–H groups in total. The number of nitrogens with one attached hydrogen (secondary N) is 2. The summed E-state index contributed by atoms with van der Waals surface area (Å²) in [5.41, 5.74) is 0.697. The van der Waals surface area contributed by atoms with Gasteiger partial charge >= 0.3 is 0 Å². The van der Waals surface area contributed by atoms with Crippen molar-refractivity contribution in [3.05, 3.63) is 35.9 Å². The van der Waals surface area contributed by atoms with E-state index in [1.165, 1.54) is 0 Å². The Hall–Kier alpha value is -1.88. The molecule has 1 aromatic carbocycles. The minimum absolute atomic E-state index is 0.0151. The van der Waals surface area contributed by atoms with E-state index in [1.54, 1.807) is 0 Å². The van der Waals surface area contributed by atoms with E-state index >= 15 is 0 Å². The monoisotopic (exact) mass is 317 g/mol. The number of rotatable bonds is 6. The summed E-state index contributed by atoms with van der Waals surface area (Å²) in [6.45, 7) is 7.03. The van der Waals surface area contributed by atoms with E-state index in [2.05, 4.69) is 29.4 Å². The lowest BCUT2D eigenvalue weighted by Gasteiger charge is -2.31. The molecule has 5 heteroatoms. The molecule has 0 radical (unpaired) electrons. The molecule has 0 saturated carbocycles. The van der Waals surface area contributed by atoms with Gasteiger partial charge in [0.05, 0.1) is 6.54 Å². The van der Waals surface area contributed by atoms with Gasteiger partial charge in [-0.2, -0.15) is 0 Å². The van der Waals surface area contributed by atoms with Crippen LogP contribution in [0.5, 0.6) is 0 Å². The Balaban J connectivity index is 1.70. The minimum Gasteiger partial charge on any atom is -0.355 e. The van der Waals surface area contributed by atoms with Crippen LogP contribution in [0.3, 0.4) is 0 Å². The molecule has 0 spiro atoms. The largest absolute Gasteiger partial charge is 0.355 e. The molecule has 23 heavy (non-hydrogen) atoms. The van der Waals surface area contributed by atoms with Crippen LogP contribution >= 0.6 is 0 Å². The van der Waals surface area contributed by atoms with E-state index < -0.39 is 0 Å². The standard InChI is InChI=1S/C18H27N3O2/c1-14(2)12-19-17(22)13-21-10-8-16(9-11-21)20-18(23)15-6-4-3-5-7-15/h3-7,14,16H,8-13H2,1-2H3,(H,19,22)(H,20,23). The fourth-order valence-corrected chi connectivity index (χ4v) is 2.67. The van der Waals surface area contributed by atoms with Gasteiger partial charge < -0.3 is 10.6 Å². The first-order valence-corrected chi connectivity index (χ1v) is 8.39. The van der Waals surface area contributed by atoms with Gasteiger partial charge in [0.1, 0.15) is 0 Å². The lowest BCUT2D eigenvalue weighted by atomic mass is 10.0. The summed E-state index contributed by atoms with van der Waals surface area (Å²) >= 11 is 0. The Morgan fingerprint density at radius 1 is 1.17 bits per heavy atom. The van der Waals surface area contributed by atoms with Gasteiger partial charge in [0.25, 0.3) is 5.91 Å². The number of hydrogen-bond donors (Lipinski definition) is 2. The van der Waals surface area contributed by atoms with E-state index in [0.29, 0.717) is 18.0 Å². The van der Waals surface area contributed by atoms with E-state index in [-0.39, 0.29) is 17.9 Å². The Morgan fingerprint density at radius 2 is 1.83 bits per heavy atom. The average molecular weight is 317 g/mol. The number of likely N-dealkylation sites (tertiary alicyclic amines) is 1. The molecule has 2 rings (SSSR count). The van der Waals surface area contributed by atoms with E-state index in [9.17, 15) is 9.59 Å². The molecular formula is C18H27N3O2. The average Bonchev–Trinajstić information content (AvgIpc) is 2.55. The van der Waals surface area contributed by atoms with Gasteiger partial charge in [0.15, 0.2) is 0 Å². The van der Waals surface area contributed by atoms with Gasteiger partial charge in [0.2, 0.25) is 5.91 Å². The molecule has 0 bridgehead atoms. The number of hydrogen-bond acceptors (Lipinski definition) is 3. The number of nitrogens with zero attached hydrogens (tertiary/aromatic N) is 1. The third kappa shape index (κ3) is 6.02. The fraction of sp³-hybridized carbons (Fsp3) is 0.556. The molecule has 1 aliphatic heterocycles. The first kappa shape index (κ1) is 17.5. The van der Waals surface area contributed by atoms with Gasteiger partial charge in [-0.15, -0.1) is 0 Å². The summed E-state index contributed by atoms with van der Waals surface area (Å²) in [6, 6.07) is 9.48. The van der Waals surface area contributed by atoms with Crippen molar-refractivity contribution in [3.8, 4) is 0 Å². The van der Waals surface area contributed by atoms with Gasteiger partial charge in [-0.25, -0.2) is 0 Å². The molecule has 0 atom stereocenters. The SMILES string of the molecule is CC(C)CNC(=O)CN1CCC(NC(=O)c2ccccc2)CC1. The lowest BCUT2D eigenvalue weighted by Crippen LogP contribution is -2.47. The van der Waals surface area contributed by atoms with Crippen LogP contribution in [0.1, 0.15) is 37.0 Å². The van der Waals surface area contributed by atoms with Crippen molar-refractivity contribution < 1.29 is 9.59 Å². The van der Waals surface area contributed by atoms with E-state index in [1.807, 2.05) is 30.3 Å². The van der Waals surface area contributed by atoms with Gasteiger partial charge in [0, 0.05) is 31.2 Å². The Kier molecular flexibility index (Phi) is 6.59. The zero-order valence-electron chi connectivity index (χ0n) is 14.0. The smallest absolute Gasteiger partial charge is 0.251 e. The van der Waals surface area contributed by atoms with Crippen molar-refractivity contribution in [1.29, 1.82) is 0 Å². The molecule has 1 heterocycles. The topological polar surface area (TPSA) is 61.4 Å². The highest BCUT2D eigenvalue weighted by molar-refractivity contribution is 5.94. The molecule has 1 aliphatic rings. The second kappa shape index (κ2) is 8.67. The zero-order valence-corrected chi connectivity index (χ0v) is 14.0. The van der Waals surface area contributed by atoms with Crippen LogP contribution in [0.2, 0.25) is 0 Å². The number of amides is 2. The maximum atomic E-state index is 12.1. The highest BCUT2D eigenvalue weighted by Crippen LogP contribution is 2.11. The Bertz CT molecular complexity index is 508. The molecule has 126 valence electrons. The Labute approximate surface area is 138 Å². The zero-order chi connectivity index (χ0) is 16.7. The first-order chi connectivity index (χ1) is 11.0. The lowest BCUT2D eigenvalue weighted by molar-refractivity contribution is -0.122. The van der Waals surface area contributed by atoms with Crippen LogP contribution in [0, 0.1) is 5.92 Å². The summed E-state index contributed by atoms with van der Waals surface area (Å²) in [6.07, 6.45) is 1.77. The van der Waals surface area contributed by atoms with E-state index in [0.717, 1.165) is 32.5 Å². The molecular weight excluding hydrogens is 290 g/mol. The molecule has 1 saturated heterocycles. The summed E-state index contributed by atoms with van der Waals surface area (Å²) < 4.78 is 0. The van der Waals surface area contributed by atoms with Gasteiger partial charge in [-0.3, -0.25) is 14.5 Å². The van der Waals surface area contributed by atoms with Crippen LogP contribution in [0.15, 0.2) is 30.3 Å². The van der Waals surface area contributed by atoms with Crippen molar-refractivity contribution in [3.63, 3.8) is 0 Å². The van der Waals surface area contributed by atoms with E-state index in [4.69, 9.17) is 0 Å². The number of carbonyl (C=O) groups excluding carboxylic acids is 2. The number of carbonyl (C=O) groups is 2. The number of benzene rings is 1. The number of piperidine rings is 1. The minimum atomic E-state index is -0.0151. The normalized spacial score (nSPS) is 16.3. The molecule has 1 aromatic rings. The molecule has 5 nitrogen and oxygen atoms in total. The van der Waals surface area contributed by atoms with Crippen molar-refractivity contribution in [1.82, 2.24) is 15.5 Å². The maximum absolute atomic E-state index is 12.1. The Morgan fingerprint density at radius 3 is 2.43 bits per heavy atom. The maximum Gasteiger partial charge on any atom is 0.251 e. The highest BCUT2D eigenvalue weighted by Gasteiger charge is 2.22. The summed E-state index contributed by atoms with van der Waals surface area (Å²) in [4.78, 5) is 26.1. The van der Waals surface area contributed by atoms with Crippen LogP contribution < -0.4 is 10.6 Å². The molecule has 1 fully saturated rings. The van der Waals surface area contributed by atoms with Crippen LogP contribution in [-0.4, -0.2) is 48.9 Å². The van der Waals surface area contributed by atoms with Gasteiger partial charge in [-0.05, 0) is 30.9 Å². The molecule has 0 aliphatic carbocycles. The molecule has 2 amide bonds. The van der Waals surface area contributed by atoms with Crippen molar-refractivity contribution in [2.75, 3.05) is 26.2 Å². The predicted octanol–water partition coefficient (Wildman–Crippen LogP) is 1.65. The molecule has 0 unspecified atom stereocenters. The third-order valence-electron chi connectivity index (χ3n) is 4.03. The van der Waals surface area contributed by atoms with Gasteiger partial charge in [-0.1, -0.05) is 32.0 Å². The quantitative estimate of drug-likeness (QED) is 0.839. The third-order valence-corrected chi connectivity index (χ3v) is 4.03. The summed E-state index contributed by atoms with van der Waals surface area (Å²) in [5.74, 6) is 0.544. The van der Waals surface area contributed by atoms with Crippen molar-refractivity contribution in [2.45, 2.75) is 32.7 Å². The summed E-state index contributed by atoms with van der Waals surface area (Å²) in [7, 11) is 0. The first-order valence-electron chi connectivity index (χ1n) is 8.39. The second-order valence-corrected chi connectivity index (χ2v) is 6.59. The van der Waals surface area contributed by atoms with Crippen molar-refractivity contribution in [2.24, 2.45) is 5.92 Å². The highest BCUT2D eigenvalue weighted by atomic mass is 16.2. The van der Waals surface area contributed by atoms with Crippen LogP contribution in [0.4, 0.5) is 0 Å². The fourth-order valence-electron chi connectivity index (χ4n) is 2.67. The summed E-state index contributed by atoms with van der Waals surface area (Å²) in [5, 5.41) is 6.03. The second-order valence-electron chi connectivity index (χ2n) is 6.59.